The highest BCUT2D eigenvalue weighted by atomic mass is 32.2. The van der Waals surface area contributed by atoms with Gasteiger partial charge in [-0.1, -0.05) is 32.4 Å². The van der Waals surface area contributed by atoms with Gasteiger partial charge in [0.15, 0.2) is 0 Å². The van der Waals surface area contributed by atoms with Gasteiger partial charge in [0.05, 0.1) is 5.69 Å². The molecule has 1 fully saturated rings. The maximum absolute atomic E-state index is 13.2. The summed E-state index contributed by atoms with van der Waals surface area (Å²) in [7, 11) is -3.77. The third-order valence-corrected chi connectivity index (χ3v) is 6.17. The van der Waals surface area contributed by atoms with Crippen LogP contribution < -0.4 is 9.62 Å². The maximum atomic E-state index is 13.2. The number of carboxylic acid groups (broad SMARTS) is 1. The molecule has 1 aliphatic rings. The number of para-hydroxylation sites is 1. The molecule has 3 N–H and O–H groups in total. The first-order chi connectivity index (χ1) is 12.2. The Bertz CT molecular complexity index is 730. The van der Waals surface area contributed by atoms with Gasteiger partial charge >= 0.3 is 16.3 Å². The summed E-state index contributed by atoms with van der Waals surface area (Å²) >= 11 is 0. The number of rotatable bonds is 7. The molecule has 9 heteroatoms. The molecule has 1 aromatic rings. The number of benzene rings is 1. The van der Waals surface area contributed by atoms with Crippen LogP contribution in [0.2, 0.25) is 0 Å². The zero-order valence-electron chi connectivity index (χ0n) is 15.2. The van der Waals surface area contributed by atoms with E-state index in [-0.39, 0.29) is 30.4 Å². The molecule has 0 atom stereocenters. The molecular formula is C17H27N3O5S. The molecular weight excluding hydrogens is 358 g/mol. The SMILES string of the molecule is CC(C)CN(c1cccc(CNC(=O)O)c1O)S(=O)(=O)N1CCCCC1. The molecule has 8 nitrogen and oxygen atoms in total. The fraction of sp³-hybridized carbons (Fsp3) is 0.588. The van der Waals surface area contributed by atoms with Crippen LogP contribution in [-0.2, 0) is 16.8 Å². The first-order valence-corrected chi connectivity index (χ1v) is 10.2. The molecule has 0 aromatic heterocycles. The van der Waals surface area contributed by atoms with Gasteiger partial charge < -0.3 is 15.5 Å². The third kappa shape index (κ3) is 4.79. The largest absolute Gasteiger partial charge is 0.505 e. The van der Waals surface area contributed by atoms with Crippen molar-refractivity contribution in [2.45, 2.75) is 39.7 Å². The highest BCUT2D eigenvalue weighted by Crippen LogP contribution is 2.34. The van der Waals surface area contributed by atoms with Crippen LogP contribution in [0.1, 0.15) is 38.7 Å². The summed E-state index contributed by atoms with van der Waals surface area (Å²) < 4.78 is 29.1. The summed E-state index contributed by atoms with van der Waals surface area (Å²) in [6, 6.07) is 4.73. The average molecular weight is 385 g/mol. The number of aromatic hydroxyl groups is 1. The predicted octanol–water partition coefficient (Wildman–Crippen LogP) is 2.35. The Morgan fingerprint density at radius 2 is 1.92 bits per heavy atom. The summed E-state index contributed by atoms with van der Waals surface area (Å²) in [5.41, 5.74) is 0.501. The summed E-state index contributed by atoms with van der Waals surface area (Å²) in [5.74, 6) is -0.169. The Labute approximate surface area is 154 Å². The topological polar surface area (TPSA) is 110 Å². The molecule has 1 heterocycles. The Balaban J connectivity index is 2.40. The van der Waals surface area contributed by atoms with Crippen molar-refractivity contribution < 1.29 is 23.4 Å². The number of anilines is 1. The van der Waals surface area contributed by atoms with Gasteiger partial charge in [0.2, 0.25) is 0 Å². The van der Waals surface area contributed by atoms with E-state index in [4.69, 9.17) is 5.11 Å². The highest BCUT2D eigenvalue weighted by molar-refractivity contribution is 7.90. The first kappa shape index (κ1) is 20.3. The smallest absolute Gasteiger partial charge is 0.404 e. The van der Waals surface area contributed by atoms with Crippen LogP contribution in [0.3, 0.4) is 0 Å². The molecule has 1 aromatic carbocycles. The minimum Gasteiger partial charge on any atom is -0.505 e. The molecule has 0 bridgehead atoms. The van der Waals surface area contributed by atoms with Crippen LogP contribution >= 0.6 is 0 Å². The van der Waals surface area contributed by atoms with Crippen molar-refractivity contribution >= 4 is 22.0 Å². The van der Waals surface area contributed by atoms with Crippen molar-refractivity contribution in [2.75, 3.05) is 23.9 Å². The standard InChI is InChI=1S/C17H27N3O5S/c1-13(2)12-20(26(24,25)19-9-4-3-5-10-19)15-8-6-7-14(16(15)21)11-18-17(22)23/h6-8,13,18,21H,3-5,9-12H2,1-2H3,(H,22,23). The van der Waals surface area contributed by atoms with Gasteiger partial charge in [0.25, 0.3) is 0 Å². The van der Waals surface area contributed by atoms with Crippen LogP contribution in [0.15, 0.2) is 18.2 Å². The Morgan fingerprint density at radius 1 is 1.27 bits per heavy atom. The molecule has 0 aliphatic carbocycles. The van der Waals surface area contributed by atoms with Gasteiger partial charge in [-0.25, -0.2) is 4.79 Å². The number of hydrogen-bond acceptors (Lipinski definition) is 4. The van der Waals surface area contributed by atoms with Gasteiger partial charge in [-0.15, -0.1) is 0 Å². The van der Waals surface area contributed by atoms with E-state index in [1.807, 2.05) is 13.8 Å². The minimum absolute atomic E-state index is 0.0507. The van der Waals surface area contributed by atoms with Crippen LogP contribution in [0.4, 0.5) is 10.5 Å². The number of nitrogens with one attached hydrogen (secondary N) is 1. The van der Waals surface area contributed by atoms with Crippen LogP contribution in [0, 0.1) is 5.92 Å². The lowest BCUT2D eigenvalue weighted by molar-refractivity contribution is 0.194. The summed E-state index contributed by atoms with van der Waals surface area (Å²) in [6.45, 7) is 4.88. The monoisotopic (exact) mass is 385 g/mol. The zero-order chi connectivity index (χ0) is 19.3. The van der Waals surface area contributed by atoms with Crippen molar-refractivity contribution in [2.24, 2.45) is 5.92 Å². The Kier molecular flexibility index (Phi) is 6.71. The lowest BCUT2D eigenvalue weighted by Gasteiger charge is -2.34. The van der Waals surface area contributed by atoms with E-state index in [2.05, 4.69) is 5.32 Å². The number of phenolic OH excluding ortho intramolecular Hbond substituents is 1. The lowest BCUT2D eigenvalue weighted by Crippen LogP contribution is -2.47. The molecule has 146 valence electrons. The van der Waals surface area contributed by atoms with Crippen molar-refractivity contribution in [1.29, 1.82) is 0 Å². The lowest BCUT2D eigenvalue weighted by atomic mass is 10.1. The molecule has 1 saturated heterocycles. The molecule has 0 radical (unpaired) electrons. The number of carbonyl (C=O) groups is 1. The maximum Gasteiger partial charge on any atom is 0.404 e. The highest BCUT2D eigenvalue weighted by Gasteiger charge is 2.33. The van der Waals surface area contributed by atoms with Crippen LogP contribution in [0.5, 0.6) is 5.75 Å². The number of piperidine rings is 1. The second-order valence-corrected chi connectivity index (χ2v) is 8.69. The Hall–Kier alpha value is -2.00. The fourth-order valence-corrected chi connectivity index (χ4v) is 4.86. The van der Waals surface area contributed by atoms with E-state index >= 15 is 0 Å². The van der Waals surface area contributed by atoms with Crippen molar-refractivity contribution in [3.63, 3.8) is 0 Å². The first-order valence-electron chi connectivity index (χ1n) is 8.79. The second-order valence-electron chi connectivity index (χ2n) is 6.84. The van der Waals surface area contributed by atoms with Gasteiger partial charge in [-0.2, -0.15) is 12.7 Å². The van der Waals surface area contributed by atoms with E-state index < -0.39 is 16.3 Å². The van der Waals surface area contributed by atoms with E-state index in [9.17, 15) is 18.3 Å². The van der Waals surface area contributed by atoms with Crippen molar-refractivity contribution in [1.82, 2.24) is 9.62 Å². The average Bonchev–Trinajstić information content (AvgIpc) is 2.59. The molecule has 1 amide bonds. The summed E-state index contributed by atoms with van der Waals surface area (Å²) in [4.78, 5) is 10.7. The molecule has 0 spiro atoms. The predicted molar refractivity (Wildman–Crippen MR) is 99.5 cm³/mol. The molecule has 1 aliphatic heterocycles. The quantitative estimate of drug-likeness (QED) is 0.667. The molecule has 0 saturated carbocycles. The van der Waals surface area contributed by atoms with Crippen molar-refractivity contribution in [3.05, 3.63) is 23.8 Å². The van der Waals surface area contributed by atoms with E-state index in [0.29, 0.717) is 18.7 Å². The summed E-state index contributed by atoms with van der Waals surface area (Å²) in [6.07, 6.45) is 1.44. The number of hydrogen-bond donors (Lipinski definition) is 3. The Morgan fingerprint density at radius 3 is 2.50 bits per heavy atom. The van der Waals surface area contributed by atoms with Gasteiger partial charge in [-0.3, -0.25) is 4.31 Å². The van der Waals surface area contributed by atoms with E-state index in [1.54, 1.807) is 18.2 Å². The van der Waals surface area contributed by atoms with E-state index in [0.717, 1.165) is 19.3 Å². The molecule has 26 heavy (non-hydrogen) atoms. The van der Waals surface area contributed by atoms with Crippen LogP contribution in [0.25, 0.3) is 0 Å². The zero-order valence-corrected chi connectivity index (χ0v) is 16.0. The van der Waals surface area contributed by atoms with E-state index in [1.165, 1.54) is 8.61 Å². The number of amides is 1. The third-order valence-electron chi connectivity index (χ3n) is 4.25. The van der Waals surface area contributed by atoms with Crippen molar-refractivity contribution in [3.8, 4) is 5.75 Å². The molecule has 0 unspecified atom stereocenters. The van der Waals surface area contributed by atoms with Gasteiger partial charge in [0.1, 0.15) is 5.75 Å². The second kappa shape index (κ2) is 8.59. The number of nitrogens with zero attached hydrogens (tertiary/aromatic N) is 2. The van der Waals surface area contributed by atoms with Gasteiger partial charge in [-0.05, 0) is 24.8 Å². The fourth-order valence-electron chi connectivity index (χ4n) is 2.98. The van der Waals surface area contributed by atoms with Crippen LogP contribution in [-0.4, -0.2) is 48.7 Å². The van der Waals surface area contributed by atoms with Gasteiger partial charge in [0, 0.05) is 31.7 Å². The minimum atomic E-state index is -3.77. The normalized spacial score (nSPS) is 15.8. The summed E-state index contributed by atoms with van der Waals surface area (Å²) in [5, 5.41) is 21.5. The number of phenols is 1. The molecule has 2 rings (SSSR count).